The Morgan fingerprint density at radius 3 is 2.80 bits per heavy atom. The summed E-state index contributed by atoms with van der Waals surface area (Å²) < 4.78 is 5.22. The summed E-state index contributed by atoms with van der Waals surface area (Å²) in [6.45, 7) is 8.50. The largest absolute Gasteiger partial charge is 0.382 e. The van der Waals surface area contributed by atoms with Gasteiger partial charge in [-0.2, -0.15) is 5.10 Å². The lowest BCUT2D eigenvalue weighted by molar-refractivity contribution is 0.117. The van der Waals surface area contributed by atoms with Crippen LogP contribution >= 0.6 is 0 Å². The van der Waals surface area contributed by atoms with E-state index in [0.29, 0.717) is 12.0 Å². The molecule has 0 unspecified atom stereocenters. The van der Waals surface area contributed by atoms with Crippen LogP contribution in [-0.2, 0) is 4.74 Å². The summed E-state index contributed by atoms with van der Waals surface area (Å²) in [5.41, 5.74) is 1.30. The molecule has 1 saturated heterocycles. The Morgan fingerprint density at radius 2 is 2.27 bits per heavy atom. The van der Waals surface area contributed by atoms with Crippen molar-refractivity contribution in [3.05, 3.63) is 0 Å². The van der Waals surface area contributed by atoms with E-state index in [9.17, 15) is 0 Å². The highest BCUT2D eigenvalue weighted by molar-refractivity contribution is 5.85. The molecule has 0 aromatic rings. The molecule has 0 radical (unpaired) electrons. The highest BCUT2D eigenvalue weighted by atomic mass is 16.5. The summed E-state index contributed by atoms with van der Waals surface area (Å²) in [7, 11) is 1.77. The summed E-state index contributed by atoms with van der Waals surface area (Å²) in [4.78, 5) is 0. The maximum atomic E-state index is 5.22. The van der Waals surface area contributed by atoms with Crippen LogP contribution in [0.1, 0.15) is 40.0 Å². The molecule has 1 atom stereocenters. The first-order chi connectivity index (χ1) is 7.19. The van der Waals surface area contributed by atoms with Gasteiger partial charge in [-0.05, 0) is 25.2 Å². The third-order valence-electron chi connectivity index (χ3n) is 2.99. The molecule has 0 saturated carbocycles. The van der Waals surface area contributed by atoms with Gasteiger partial charge in [0.25, 0.3) is 0 Å². The molecule has 1 aliphatic rings. The minimum absolute atomic E-state index is 0.496. The molecule has 0 amide bonds. The highest BCUT2D eigenvalue weighted by Crippen LogP contribution is 2.19. The Morgan fingerprint density at radius 1 is 1.53 bits per heavy atom. The van der Waals surface area contributed by atoms with Crippen molar-refractivity contribution in [2.24, 2.45) is 11.0 Å². The number of hydrogen-bond acceptors (Lipinski definition) is 3. The van der Waals surface area contributed by atoms with Crippen LogP contribution in [0.2, 0.25) is 0 Å². The van der Waals surface area contributed by atoms with Gasteiger partial charge in [0, 0.05) is 19.4 Å². The molecule has 0 spiro atoms. The van der Waals surface area contributed by atoms with E-state index >= 15 is 0 Å². The van der Waals surface area contributed by atoms with Crippen LogP contribution < -0.4 is 0 Å². The predicted molar refractivity (Wildman–Crippen MR) is 64.2 cm³/mol. The van der Waals surface area contributed by atoms with Gasteiger partial charge < -0.3 is 4.74 Å². The molecule has 0 N–H and O–H groups in total. The van der Waals surface area contributed by atoms with Gasteiger partial charge in [0.2, 0.25) is 0 Å². The molecule has 1 fully saturated rings. The van der Waals surface area contributed by atoms with Gasteiger partial charge in [-0.15, -0.1) is 0 Å². The fourth-order valence-corrected chi connectivity index (χ4v) is 2.07. The molecule has 3 heteroatoms. The Bertz CT molecular complexity index is 214. The van der Waals surface area contributed by atoms with Crippen LogP contribution in [0, 0.1) is 5.92 Å². The second kappa shape index (κ2) is 6.11. The number of hydrazone groups is 1. The van der Waals surface area contributed by atoms with E-state index in [0.717, 1.165) is 19.6 Å². The molecule has 1 aliphatic heterocycles. The first kappa shape index (κ1) is 12.5. The molecule has 3 nitrogen and oxygen atoms in total. The highest BCUT2D eigenvalue weighted by Gasteiger charge is 2.23. The van der Waals surface area contributed by atoms with E-state index in [1.165, 1.54) is 18.6 Å². The zero-order valence-corrected chi connectivity index (χ0v) is 10.5. The quantitative estimate of drug-likeness (QED) is 0.654. The van der Waals surface area contributed by atoms with E-state index in [-0.39, 0.29) is 0 Å². The SMILES string of the molecule is CC/C(=N/N1CCC[C@H]1COC)C(C)C. The van der Waals surface area contributed by atoms with Crippen molar-refractivity contribution in [3.8, 4) is 0 Å². The van der Waals surface area contributed by atoms with Crippen molar-refractivity contribution in [3.63, 3.8) is 0 Å². The second-order valence-corrected chi connectivity index (χ2v) is 4.51. The zero-order chi connectivity index (χ0) is 11.3. The van der Waals surface area contributed by atoms with E-state index in [1.54, 1.807) is 7.11 Å². The van der Waals surface area contributed by atoms with Gasteiger partial charge in [-0.3, -0.25) is 5.01 Å². The molecule has 0 bridgehead atoms. The topological polar surface area (TPSA) is 24.8 Å². The third-order valence-corrected chi connectivity index (χ3v) is 2.99. The van der Waals surface area contributed by atoms with Gasteiger partial charge in [-0.25, -0.2) is 0 Å². The number of methoxy groups -OCH3 is 1. The number of rotatable bonds is 5. The fourth-order valence-electron chi connectivity index (χ4n) is 2.07. The Hall–Kier alpha value is -0.570. The van der Waals surface area contributed by atoms with Crippen molar-refractivity contribution in [2.75, 3.05) is 20.3 Å². The van der Waals surface area contributed by atoms with Crippen LogP contribution in [0.15, 0.2) is 5.10 Å². The molecule has 0 aliphatic carbocycles. The molecule has 1 rings (SSSR count). The molecular formula is C12H24N2O. The van der Waals surface area contributed by atoms with E-state index in [1.807, 2.05) is 0 Å². The van der Waals surface area contributed by atoms with Crippen molar-refractivity contribution in [1.82, 2.24) is 5.01 Å². The van der Waals surface area contributed by atoms with Crippen molar-refractivity contribution in [2.45, 2.75) is 46.1 Å². The third kappa shape index (κ3) is 3.49. The van der Waals surface area contributed by atoms with E-state index in [4.69, 9.17) is 9.84 Å². The van der Waals surface area contributed by atoms with Crippen LogP contribution in [-0.4, -0.2) is 37.0 Å². The summed E-state index contributed by atoms with van der Waals surface area (Å²) in [6.07, 6.45) is 3.51. The predicted octanol–water partition coefficient (Wildman–Crippen LogP) is 2.52. The van der Waals surface area contributed by atoms with Crippen molar-refractivity contribution in [1.29, 1.82) is 0 Å². The standard InChI is InChI=1S/C12H24N2O/c1-5-12(10(2)3)13-14-8-6-7-11(14)9-15-4/h10-11H,5-9H2,1-4H3/b13-12-/t11-/m0/s1. The average molecular weight is 212 g/mol. The molecule has 88 valence electrons. The summed E-state index contributed by atoms with van der Waals surface area (Å²) >= 11 is 0. The van der Waals surface area contributed by atoms with Crippen LogP contribution in [0.5, 0.6) is 0 Å². The lowest BCUT2D eigenvalue weighted by Crippen LogP contribution is -2.30. The number of nitrogens with zero attached hydrogens (tertiary/aromatic N) is 2. The molecular weight excluding hydrogens is 188 g/mol. The maximum Gasteiger partial charge on any atom is 0.0704 e. The molecule has 0 aromatic heterocycles. The lowest BCUT2D eigenvalue weighted by atomic mass is 10.1. The smallest absolute Gasteiger partial charge is 0.0704 e. The van der Waals surface area contributed by atoms with E-state index in [2.05, 4.69) is 25.8 Å². The van der Waals surface area contributed by atoms with Crippen LogP contribution in [0.3, 0.4) is 0 Å². The van der Waals surface area contributed by atoms with Gasteiger partial charge in [0.15, 0.2) is 0 Å². The zero-order valence-electron chi connectivity index (χ0n) is 10.5. The minimum atomic E-state index is 0.496. The molecule has 1 heterocycles. The van der Waals surface area contributed by atoms with E-state index < -0.39 is 0 Å². The fraction of sp³-hybridized carbons (Fsp3) is 0.917. The van der Waals surface area contributed by atoms with Crippen LogP contribution in [0.4, 0.5) is 0 Å². The van der Waals surface area contributed by atoms with Gasteiger partial charge in [0.05, 0.1) is 12.6 Å². The monoisotopic (exact) mass is 212 g/mol. The Labute approximate surface area is 93.5 Å². The van der Waals surface area contributed by atoms with Gasteiger partial charge in [-0.1, -0.05) is 20.8 Å². The normalized spacial score (nSPS) is 22.9. The number of ether oxygens (including phenoxy) is 1. The molecule has 0 aromatic carbocycles. The Balaban J connectivity index is 2.61. The lowest BCUT2D eigenvalue weighted by Gasteiger charge is -2.23. The summed E-state index contributed by atoms with van der Waals surface area (Å²) in [6, 6.07) is 0.496. The Kier molecular flexibility index (Phi) is 5.09. The maximum absolute atomic E-state index is 5.22. The second-order valence-electron chi connectivity index (χ2n) is 4.51. The average Bonchev–Trinajstić information content (AvgIpc) is 2.62. The molecule has 15 heavy (non-hydrogen) atoms. The van der Waals surface area contributed by atoms with Crippen molar-refractivity contribution >= 4 is 5.71 Å². The van der Waals surface area contributed by atoms with Crippen LogP contribution in [0.25, 0.3) is 0 Å². The number of hydrogen-bond donors (Lipinski definition) is 0. The van der Waals surface area contributed by atoms with Gasteiger partial charge >= 0.3 is 0 Å². The van der Waals surface area contributed by atoms with Crippen molar-refractivity contribution < 1.29 is 4.74 Å². The summed E-state index contributed by atoms with van der Waals surface area (Å²) in [5.74, 6) is 0.554. The minimum Gasteiger partial charge on any atom is -0.382 e. The van der Waals surface area contributed by atoms with Gasteiger partial charge in [0.1, 0.15) is 0 Å². The first-order valence-corrected chi connectivity index (χ1v) is 6.02. The first-order valence-electron chi connectivity index (χ1n) is 6.02. The summed E-state index contributed by atoms with van der Waals surface area (Å²) in [5, 5.41) is 6.99.